The lowest BCUT2D eigenvalue weighted by atomic mass is 10.1. The predicted octanol–water partition coefficient (Wildman–Crippen LogP) is -0.792. The maximum Gasteiger partial charge on any atom is 0.244 e. The van der Waals surface area contributed by atoms with Crippen LogP contribution in [0.25, 0.3) is 0 Å². The van der Waals surface area contributed by atoms with E-state index in [1.165, 1.54) is 12.1 Å². The highest BCUT2D eigenvalue weighted by Crippen LogP contribution is 2.11. The molecule has 2 aromatic rings. The number of amides is 4. The van der Waals surface area contributed by atoms with Gasteiger partial charge in [0.25, 0.3) is 0 Å². The summed E-state index contributed by atoms with van der Waals surface area (Å²) in [4.78, 5) is 53.4. The second-order valence-electron chi connectivity index (χ2n) is 9.41. The van der Waals surface area contributed by atoms with Crippen LogP contribution in [0.2, 0.25) is 0 Å². The molecule has 208 valence electrons. The van der Waals surface area contributed by atoms with Gasteiger partial charge < -0.3 is 32.1 Å². The topological polar surface area (TPSA) is 166 Å². The van der Waals surface area contributed by atoms with Crippen molar-refractivity contribution >= 4 is 23.6 Å². The molecule has 39 heavy (non-hydrogen) atoms. The van der Waals surface area contributed by atoms with Crippen molar-refractivity contribution in [3.63, 3.8) is 0 Å². The molecule has 0 unspecified atom stereocenters. The Kier molecular flexibility index (Phi) is 11.0. The Bertz CT molecular complexity index is 1140. The molecule has 7 N–H and O–H groups in total. The molecule has 11 nitrogen and oxygen atoms in total. The van der Waals surface area contributed by atoms with Crippen molar-refractivity contribution in [2.24, 2.45) is 5.73 Å². The van der Waals surface area contributed by atoms with E-state index >= 15 is 0 Å². The molecule has 0 saturated carbocycles. The van der Waals surface area contributed by atoms with Crippen LogP contribution in [0.5, 0.6) is 5.75 Å². The second-order valence-corrected chi connectivity index (χ2v) is 9.41. The zero-order chi connectivity index (χ0) is 28.2. The van der Waals surface area contributed by atoms with Crippen LogP contribution < -0.4 is 27.0 Å². The maximum atomic E-state index is 13.1. The van der Waals surface area contributed by atoms with Gasteiger partial charge in [0.1, 0.15) is 17.8 Å². The van der Waals surface area contributed by atoms with Gasteiger partial charge in [-0.2, -0.15) is 0 Å². The first kappa shape index (κ1) is 29.3. The number of benzene rings is 2. The van der Waals surface area contributed by atoms with Gasteiger partial charge in [0, 0.05) is 32.6 Å². The van der Waals surface area contributed by atoms with Gasteiger partial charge in [-0.3, -0.25) is 24.1 Å². The van der Waals surface area contributed by atoms with Crippen LogP contribution in [0.1, 0.15) is 11.1 Å². The van der Waals surface area contributed by atoms with Gasteiger partial charge in [-0.05, 0) is 29.7 Å². The highest BCUT2D eigenvalue weighted by atomic mass is 16.3. The zero-order valence-electron chi connectivity index (χ0n) is 21.8. The molecule has 3 rings (SSSR count). The lowest BCUT2D eigenvalue weighted by molar-refractivity contribution is -0.131. The molecule has 0 spiro atoms. The Morgan fingerprint density at radius 1 is 1.08 bits per heavy atom. The molecule has 0 bridgehead atoms. The van der Waals surface area contributed by atoms with E-state index in [1.807, 2.05) is 35.2 Å². The first-order valence-corrected chi connectivity index (χ1v) is 12.8. The molecule has 1 saturated heterocycles. The summed E-state index contributed by atoms with van der Waals surface area (Å²) in [6.45, 7) is 4.54. The molecule has 4 amide bonds. The van der Waals surface area contributed by atoms with E-state index in [4.69, 9.17) is 5.73 Å². The average Bonchev–Trinajstić information content (AvgIpc) is 2.92. The number of carbonyl (C=O) groups excluding carboxylic acids is 4. The minimum absolute atomic E-state index is 0.103. The number of carbonyl (C=O) groups is 4. The van der Waals surface area contributed by atoms with E-state index < -0.39 is 35.8 Å². The van der Waals surface area contributed by atoms with E-state index in [0.717, 1.165) is 11.1 Å². The molecule has 11 heteroatoms. The number of rotatable bonds is 8. The summed E-state index contributed by atoms with van der Waals surface area (Å²) in [6, 6.07) is 12.9. The highest BCUT2D eigenvalue weighted by Gasteiger charge is 2.28. The second kappa shape index (κ2) is 14.6. The van der Waals surface area contributed by atoms with Gasteiger partial charge in [-0.1, -0.05) is 48.5 Å². The lowest BCUT2D eigenvalue weighted by Crippen LogP contribution is -2.57. The SMILES string of the molecule is C=CCN1CCNC(=O)[C@H](Cc2ccccc2)NC(=O)CNC(=O)[C@H](NC(=O)[C@@H](N)Cc2ccc(O)cc2)C1. The number of nitrogens with one attached hydrogen (secondary N) is 4. The first-order valence-electron chi connectivity index (χ1n) is 12.8. The summed E-state index contributed by atoms with van der Waals surface area (Å²) in [6.07, 6.45) is 2.16. The fraction of sp³-hybridized carbons (Fsp3) is 0.357. The third-order valence-corrected chi connectivity index (χ3v) is 6.27. The summed E-state index contributed by atoms with van der Waals surface area (Å²) in [7, 11) is 0. The van der Waals surface area contributed by atoms with Crippen molar-refractivity contribution in [1.82, 2.24) is 26.2 Å². The Labute approximate surface area is 227 Å². The molecule has 0 aromatic heterocycles. The number of hydrogen-bond donors (Lipinski definition) is 6. The standard InChI is InChI=1S/C28H36N6O5/c1-2-13-34-14-12-30-27(38)23(16-19-6-4-3-5-7-19)32-25(36)17-31-28(39)24(18-34)33-26(37)22(29)15-20-8-10-21(35)11-9-20/h2-11,22-24,35H,1,12-18,29H2,(H,30,38)(H,31,39)(H,32,36)(H,33,37)/t22-,23-,24+/m0/s1. The van der Waals surface area contributed by atoms with Gasteiger partial charge in [0.15, 0.2) is 0 Å². The van der Waals surface area contributed by atoms with Crippen molar-refractivity contribution in [3.05, 3.63) is 78.4 Å². The number of hydrogen-bond acceptors (Lipinski definition) is 7. The van der Waals surface area contributed by atoms with Crippen molar-refractivity contribution in [3.8, 4) is 5.75 Å². The van der Waals surface area contributed by atoms with Crippen molar-refractivity contribution in [2.75, 3.05) is 32.7 Å². The number of phenolic OH excluding ortho intramolecular Hbond substituents is 1. The fourth-order valence-corrected chi connectivity index (χ4v) is 4.20. The van der Waals surface area contributed by atoms with E-state index in [-0.39, 0.29) is 37.7 Å². The van der Waals surface area contributed by atoms with Crippen LogP contribution in [-0.4, -0.2) is 84.5 Å². The maximum absolute atomic E-state index is 13.1. The Morgan fingerprint density at radius 2 is 1.79 bits per heavy atom. The smallest absolute Gasteiger partial charge is 0.244 e. The molecule has 3 atom stereocenters. The molecular weight excluding hydrogens is 500 g/mol. The molecule has 2 aromatic carbocycles. The summed E-state index contributed by atoms with van der Waals surface area (Å²) >= 11 is 0. The van der Waals surface area contributed by atoms with Crippen molar-refractivity contribution in [2.45, 2.75) is 31.0 Å². The zero-order valence-corrected chi connectivity index (χ0v) is 21.8. The molecule has 1 fully saturated rings. The third-order valence-electron chi connectivity index (χ3n) is 6.27. The Morgan fingerprint density at radius 3 is 2.49 bits per heavy atom. The van der Waals surface area contributed by atoms with Crippen LogP contribution in [0.4, 0.5) is 0 Å². The van der Waals surface area contributed by atoms with E-state index in [0.29, 0.717) is 19.5 Å². The Hall–Kier alpha value is -4.22. The summed E-state index contributed by atoms with van der Waals surface area (Å²) < 4.78 is 0. The van der Waals surface area contributed by atoms with Crippen LogP contribution in [0.3, 0.4) is 0 Å². The van der Waals surface area contributed by atoms with Gasteiger partial charge in [-0.25, -0.2) is 0 Å². The molecule has 0 radical (unpaired) electrons. The monoisotopic (exact) mass is 536 g/mol. The fourth-order valence-electron chi connectivity index (χ4n) is 4.20. The molecular formula is C28H36N6O5. The lowest BCUT2D eigenvalue weighted by Gasteiger charge is -2.27. The summed E-state index contributed by atoms with van der Waals surface area (Å²) in [5.41, 5.74) is 7.73. The molecule has 1 aliphatic rings. The average molecular weight is 537 g/mol. The van der Waals surface area contributed by atoms with E-state index in [1.54, 1.807) is 18.2 Å². The first-order chi connectivity index (χ1) is 18.7. The Balaban J connectivity index is 1.71. The third kappa shape index (κ3) is 9.55. The van der Waals surface area contributed by atoms with Crippen molar-refractivity contribution in [1.29, 1.82) is 0 Å². The van der Waals surface area contributed by atoms with Gasteiger partial charge >= 0.3 is 0 Å². The molecule has 1 heterocycles. The molecule has 0 aliphatic carbocycles. The summed E-state index contributed by atoms with van der Waals surface area (Å²) in [5.74, 6) is -1.85. The minimum atomic E-state index is -1.01. The van der Waals surface area contributed by atoms with E-state index in [9.17, 15) is 24.3 Å². The minimum Gasteiger partial charge on any atom is -0.508 e. The number of aromatic hydroxyl groups is 1. The molecule has 1 aliphatic heterocycles. The van der Waals surface area contributed by atoms with Crippen LogP contribution in [-0.2, 0) is 32.0 Å². The van der Waals surface area contributed by atoms with Crippen LogP contribution in [0.15, 0.2) is 67.3 Å². The van der Waals surface area contributed by atoms with Crippen LogP contribution in [0, 0.1) is 0 Å². The van der Waals surface area contributed by atoms with E-state index in [2.05, 4.69) is 27.8 Å². The van der Waals surface area contributed by atoms with Crippen LogP contribution >= 0.6 is 0 Å². The normalized spacial score (nSPS) is 20.2. The van der Waals surface area contributed by atoms with Gasteiger partial charge in [0.05, 0.1) is 12.6 Å². The highest BCUT2D eigenvalue weighted by molar-refractivity contribution is 5.93. The van der Waals surface area contributed by atoms with Gasteiger partial charge in [-0.15, -0.1) is 6.58 Å². The number of nitrogens with two attached hydrogens (primary N) is 1. The predicted molar refractivity (Wildman–Crippen MR) is 146 cm³/mol. The van der Waals surface area contributed by atoms with Crippen molar-refractivity contribution < 1.29 is 24.3 Å². The number of nitrogens with zero attached hydrogens (tertiary/aromatic N) is 1. The quantitative estimate of drug-likeness (QED) is 0.241. The summed E-state index contributed by atoms with van der Waals surface area (Å²) in [5, 5.41) is 20.3. The number of phenols is 1. The van der Waals surface area contributed by atoms with Gasteiger partial charge in [0.2, 0.25) is 23.6 Å². The largest absolute Gasteiger partial charge is 0.508 e.